The number of rotatable bonds is 8. The van der Waals surface area contributed by atoms with Gasteiger partial charge in [-0.1, -0.05) is 43.7 Å². The normalized spacial score (nSPS) is 10.5. The maximum absolute atomic E-state index is 12.8. The maximum Gasteiger partial charge on any atom is 0.272 e. The summed E-state index contributed by atoms with van der Waals surface area (Å²) in [6.45, 7) is 6.24. The Bertz CT molecular complexity index is 645. The van der Waals surface area contributed by atoms with Crippen molar-refractivity contribution in [3.63, 3.8) is 0 Å². The number of carbonyl (C=O) groups is 1. The zero-order chi connectivity index (χ0) is 17.4. The molecular weight excluding hydrogens is 300 g/mol. The van der Waals surface area contributed by atoms with Crippen LogP contribution in [0, 0.1) is 0 Å². The van der Waals surface area contributed by atoms with Crippen molar-refractivity contribution in [1.29, 1.82) is 0 Å². The first-order chi connectivity index (χ1) is 11.7. The van der Waals surface area contributed by atoms with E-state index in [4.69, 9.17) is 0 Å². The highest BCUT2D eigenvalue weighted by Crippen LogP contribution is 2.11. The van der Waals surface area contributed by atoms with Gasteiger partial charge in [0, 0.05) is 32.9 Å². The van der Waals surface area contributed by atoms with Crippen LogP contribution in [-0.2, 0) is 6.54 Å². The molecule has 0 saturated heterocycles. The number of hydrogen-bond donors (Lipinski definition) is 0. The Morgan fingerprint density at radius 1 is 1.12 bits per heavy atom. The van der Waals surface area contributed by atoms with Crippen molar-refractivity contribution < 1.29 is 4.79 Å². The molecule has 0 unspecified atom stereocenters. The van der Waals surface area contributed by atoms with Crippen LogP contribution in [0.2, 0.25) is 0 Å². The largest absolute Gasteiger partial charge is 0.344 e. The van der Waals surface area contributed by atoms with Crippen molar-refractivity contribution in [3.05, 3.63) is 53.9 Å². The molecule has 2 aromatic rings. The van der Waals surface area contributed by atoms with E-state index in [0.717, 1.165) is 24.9 Å². The molecule has 0 aliphatic rings. The van der Waals surface area contributed by atoms with Crippen molar-refractivity contribution in [2.24, 2.45) is 0 Å². The van der Waals surface area contributed by atoms with Crippen LogP contribution in [0.15, 0.2) is 42.6 Å². The Balaban J connectivity index is 2.12. The summed E-state index contributed by atoms with van der Waals surface area (Å²) >= 11 is 0. The van der Waals surface area contributed by atoms with Gasteiger partial charge in [-0.25, -0.2) is 9.97 Å². The number of nitrogens with zero attached hydrogens (tertiary/aromatic N) is 4. The van der Waals surface area contributed by atoms with Crippen LogP contribution in [0.1, 0.15) is 42.7 Å². The molecule has 0 radical (unpaired) electrons. The molecule has 2 rings (SSSR count). The number of hydrogen-bond acceptors (Lipinski definition) is 4. The third-order valence-electron chi connectivity index (χ3n) is 3.94. The van der Waals surface area contributed by atoms with E-state index in [9.17, 15) is 4.79 Å². The fourth-order valence-corrected chi connectivity index (χ4v) is 2.44. The number of benzene rings is 1. The van der Waals surface area contributed by atoms with E-state index in [0.29, 0.717) is 24.7 Å². The third-order valence-corrected chi connectivity index (χ3v) is 3.94. The molecule has 1 aromatic heterocycles. The van der Waals surface area contributed by atoms with Gasteiger partial charge in [0.1, 0.15) is 5.69 Å². The summed E-state index contributed by atoms with van der Waals surface area (Å²) in [4.78, 5) is 25.3. The van der Waals surface area contributed by atoms with E-state index in [1.165, 1.54) is 0 Å². The summed E-state index contributed by atoms with van der Waals surface area (Å²) in [5.41, 5.74) is 1.56. The minimum Gasteiger partial charge on any atom is -0.344 e. The molecule has 1 heterocycles. The van der Waals surface area contributed by atoms with Crippen LogP contribution in [0.5, 0.6) is 0 Å². The highest BCUT2D eigenvalue weighted by Gasteiger charge is 2.17. The summed E-state index contributed by atoms with van der Waals surface area (Å²) in [5, 5.41) is 0. The lowest BCUT2D eigenvalue weighted by atomic mass is 10.2. The quantitative estimate of drug-likeness (QED) is 0.746. The molecule has 128 valence electrons. The summed E-state index contributed by atoms with van der Waals surface area (Å²) in [6, 6.07) is 11.7. The summed E-state index contributed by atoms with van der Waals surface area (Å²) < 4.78 is 0. The number of amides is 1. The van der Waals surface area contributed by atoms with E-state index < -0.39 is 0 Å². The Morgan fingerprint density at radius 3 is 2.54 bits per heavy atom. The molecule has 24 heavy (non-hydrogen) atoms. The van der Waals surface area contributed by atoms with Gasteiger partial charge in [0.15, 0.2) is 0 Å². The second-order valence-corrected chi connectivity index (χ2v) is 5.82. The van der Waals surface area contributed by atoms with Gasteiger partial charge < -0.3 is 9.80 Å². The van der Waals surface area contributed by atoms with E-state index in [-0.39, 0.29) is 5.91 Å². The van der Waals surface area contributed by atoms with Gasteiger partial charge in [0.25, 0.3) is 5.91 Å². The lowest BCUT2D eigenvalue weighted by molar-refractivity contribution is 0.0746. The molecule has 0 aliphatic carbocycles. The smallest absolute Gasteiger partial charge is 0.272 e. The number of carbonyl (C=O) groups excluding carboxylic acids is 1. The summed E-state index contributed by atoms with van der Waals surface area (Å²) in [7, 11) is 1.96. The molecular formula is C19H26N4O. The van der Waals surface area contributed by atoms with E-state index in [1.807, 2.05) is 49.2 Å². The topological polar surface area (TPSA) is 49.3 Å². The molecule has 0 fully saturated rings. The highest BCUT2D eigenvalue weighted by molar-refractivity contribution is 5.92. The lowest BCUT2D eigenvalue weighted by Gasteiger charge is -2.22. The molecule has 5 nitrogen and oxygen atoms in total. The van der Waals surface area contributed by atoms with E-state index in [1.54, 1.807) is 17.2 Å². The lowest BCUT2D eigenvalue weighted by Crippen LogP contribution is -2.31. The van der Waals surface area contributed by atoms with Crippen molar-refractivity contribution in [2.45, 2.75) is 33.2 Å². The number of anilines is 1. The second kappa shape index (κ2) is 9.01. The van der Waals surface area contributed by atoms with Crippen LogP contribution in [0.4, 0.5) is 5.95 Å². The monoisotopic (exact) mass is 326 g/mol. The first-order valence-corrected chi connectivity index (χ1v) is 8.53. The third kappa shape index (κ3) is 4.78. The average Bonchev–Trinajstić information content (AvgIpc) is 2.64. The summed E-state index contributed by atoms with van der Waals surface area (Å²) in [5.74, 6) is 0.541. The second-order valence-electron chi connectivity index (χ2n) is 5.82. The maximum atomic E-state index is 12.8. The Kier molecular flexibility index (Phi) is 6.73. The van der Waals surface area contributed by atoms with Gasteiger partial charge >= 0.3 is 0 Å². The SMILES string of the molecule is CCCCN(C)c1nccc(C(=O)N(CC)Cc2ccccc2)n1. The standard InChI is InChI=1S/C19H26N4O/c1-4-6-14-22(3)19-20-13-12-17(21-19)18(24)23(5-2)15-16-10-8-7-9-11-16/h7-13H,4-6,14-15H2,1-3H3. The van der Waals surface area contributed by atoms with Gasteiger partial charge in [-0.15, -0.1) is 0 Å². The van der Waals surface area contributed by atoms with Crippen LogP contribution >= 0.6 is 0 Å². The van der Waals surface area contributed by atoms with E-state index >= 15 is 0 Å². The predicted octanol–water partition coefficient (Wildman–Crippen LogP) is 3.38. The first-order valence-electron chi connectivity index (χ1n) is 8.53. The van der Waals surface area contributed by atoms with Gasteiger partial charge in [-0.2, -0.15) is 0 Å². The van der Waals surface area contributed by atoms with Crippen molar-refractivity contribution in [1.82, 2.24) is 14.9 Å². The van der Waals surface area contributed by atoms with Gasteiger partial charge in [0.05, 0.1) is 0 Å². The fourth-order valence-electron chi connectivity index (χ4n) is 2.44. The van der Waals surface area contributed by atoms with Crippen molar-refractivity contribution in [2.75, 3.05) is 25.0 Å². The fraction of sp³-hybridized carbons (Fsp3) is 0.421. The molecule has 5 heteroatoms. The molecule has 0 bridgehead atoms. The average molecular weight is 326 g/mol. The molecule has 0 saturated carbocycles. The first kappa shape index (κ1) is 17.9. The number of aromatic nitrogens is 2. The van der Waals surface area contributed by atoms with Crippen LogP contribution in [-0.4, -0.2) is 40.9 Å². The molecule has 1 aromatic carbocycles. The summed E-state index contributed by atoms with van der Waals surface area (Å²) in [6.07, 6.45) is 3.85. The predicted molar refractivity (Wildman–Crippen MR) is 97.1 cm³/mol. The van der Waals surface area contributed by atoms with Gasteiger partial charge in [-0.3, -0.25) is 4.79 Å². The van der Waals surface area contributed by atoms with Crippen LogP contribution in [0.25, 0.3) is 0 Å². The van der Waals surface area contributed by atoms with E-state index in [2.05, 4.69) is 16.9 Å². The van der Waals surface area contributed by atoms with Crippen molar-refractivity contribution >= 4 is 11.9 Å². The van der Waals surface area contributed by atoms with Gasteiger partial charge in [0.2, 0.25) is 5.95 Å². The molecule has 0 spiro atoms. The Morgan fingerprint density at radius 2 is 1.88 bits per heavy atom. The molecule has 0 atom stereocenters. The zero-order valence-electron chi connectivity index (χ0n) is 14.8. The minimum absolute atomic E-state index is 0.0612. The molecule has 0 N–H and O–H groups in total. The number of unbranched alkanes of at least 4 members (excludes halogenated alkanes) is 1. The minimum atomic E-state index is -0.0612. The Labute approximate surface area is 144 Å². The van der Waals surface area contributed by atoms with Crippen LogP contribution < -0.4 is 4.90 Å². The Hall–Kier alpha value is -2.43. The van der Waals surface area contributed by atoms with Crippen molar-refractivity contribution in [3.8, 4) is 0 Å². The van der Waals surface area contributed by atoms with Gasteiger partial charge in [-0.05, 0) is 25.0 Å². The zero-order valence-corrected chi connectivity index (χ0v) is 14.8. The van der Waals surface area contributed by atoms with Crippen LogP contribution in [0.3, 0.4) is 0 Å². The highest BCUT2D eigenvalue weighted by atomic mass is 16.2. The molecule has 0 aliphatic heterocycles. The molecule has 1 amide bonds.